The predicted molar refractivity (Wildman–Crippen MR) is 104 cm³/mol. The second-order valence-corrected chi connectivity index (χ2v) is 5.51. The fraction of sp³-hybridized carbons (Fsp3) is 0.286. The van der Waals surface area contributed by atoms with Crippen molar-refractivity contribution in [2.75, 3.05) is 25.6 Å². The van der Waals surface area contributed by atoms with E-state index in [0.717, 1.165) is 12.0 Å². The monoisotopic (exact) mass is 355 g/mol. The number of rotatable bonds is 9. The molecule has 138 valence electrons. The molecule has 0 spiro atoms. The Kier molecular flexibility index (Phi) is 7.55. The fourth-order valence-electron chi connectivity index (χ4n) is 2.32. The van der Waals surface area contributed by atoms with E-state index in [1.54, 1.807) is 25.3 Å². The lowest BCUT2D eigenvalue weighted by Crippen LogP contribution is -2.08. The van der Waals surface area contributed by atoms with E-state index in [1.807, 2.05) is 37.3 Å². The smallest absolute Gasteiger partial charge is 0.248 e. The minimum atomic E-state index is -0.237. The Labute approximate surface area is 154 Å². The van der Waals surface area contributed by atoms with E-state index in [4.69, 9.17) is 14.2 Å². The second-order valence-electron chi connectivity index (χ2n) is 5.51. The summed E-state index contributed by atoms with van der Waals surface area (Å²) in [5.74, 6) is 1.77. The SMILES string of the molecule is CCCOc1ccc(/C=C/C(=O)Nc2ccccc2OC)cc1OCC. The van der Waals surface area contributed by atoms with E-state index in [-0.39, 0.29) is 5.91 Å². The molecular formula is C21H25NO4. The van der Waals surface area contributed by atoms with Crippen molar-refractivity contribution < 1.29 is 19.0 Å². The van der Waals surface area contributed by atoms with Gasteiger partial charge in [0.25, 0.3) is 0 Å². The van der Waals surface area contributed by atoms with Gasteiger partial charge in [-0.25, -0.2) is 0 Å². The average molecular weight is 355 g/mol. The van der Waals surface area contributed by atoms with Gasteiger partial charge in [-0.15, -0.1) is 0 Å². The summed E-state index contributed by atoms with van der Waals surface area (Å²) < 4.78 is 16.5. The molecule has 1 N–H and O–H groups in total. The third kappa shape index (κ3) is 5.55. The number of anilines is 1. The molecule has 0 atom stereocenters. The van der Waals surface area contributed by atoms with Gasteiger partial charge in [-0.05, 0) is 49.2 Å². The van der Waals surface area contributed by atoms with Crippen LogP contribution in [0.4, 0.5) is 5.69 Å². The van der Waals surface area contributed by atoms with Gasteiger partial charge in [-0.3, -0.25) is 4.79 Å². The maximum atomic E-state index is 12.2. The molecule has 0 fully saturated rings. The Morgan fingerprint density at radius 3 is 2.58 bits per heavy atom. The quantitative estimate of drug-likeness (QED) is 0.671. The molecule has 0 aliphatic heterocycles. The highest BCUT2D eigenvalue weighted by Gasteiger charge is 2.07. The lowest BCUT2D eigenvalue weighted by molar-refractivity contribution is -0.111. The van der Waals surface area contributed by atoms with Crippen molar-refractivity contribution in [3.63, 3.8) is 0 Å². The molecule has 5 heteroatoms. The Balaban J connectivity index is 2.08. The van der Waals surface area contributed by atoms with Crippen LogP contribution in [0, 0.1) is 0 Å². The third-order valence-electron chi connectivity index (χ3n) is 3.52. The maximum absolute atomic E-state index is 12.2. The van der Waals surface area contributed by atoms with Crippen molar-refractivity contribution in [2.45, 2.75) is 20.3 Å². The van der Waals surface area contributed by atoms with E-state index >= 15 is 0 Å². The Morgan fingerprint density at radius 1 is 1.04 bits per heavy atom. The van der Waals surface area contributed by atoms with E-state index in [1.165, 1.54) is 6.08 Å². The summed E-state index contributed by atoms with van der Waals surface area (Å²) in [6.45, 7) is 5.16. The number of nitrogens with one attached hydrogen (secondary N) is 1. The molecule has 0 heterocycles. The van der Waals surface area contributed by atoms with Crippen LogP contribution in [0.3, 0.4) is 0 Å². The molecule has 0 bridgehead atoms. The standard InChI is InChI=1S/C21H25NO4/c1-4-14-26-19-12-10-16(15-20(19)25-5-2)11-13-21(23)22-17-8-6-7-9-18(17)24-3/h6-13,15H,4-5,14H2,1-3H3,(H,22,23)/b13-11+. The van der Waals surface area contributed by atoms with Crippen LogP contribution in [0.25, 0.3) is 6.08 Å². The van der Waals surface area contributed by atoms with Crippen molar-refractivity contribution in [1.29, 1.82) is 0 Å². The molecule has 2 aromatic carbocycles. The van der Waals surface area contributed by atoms with Gasteiger partial charge in [-0.1, -0.05) is 25.1 Å². The first-order chi connectivity index (χ1) is 12.7. The number of ether oxygens (including phenoxy) is 3. The van der Waals surface area contributed by atoms with Crippen molar-refractivity contribution in [2.24, 2.45) is 0 Å². The highest BCUT2D eigenvalue weighted by atomic mass is 16.5. The largest absolute Gasteiger partial charge is 0.495 e. The van der Waals surface area contributed by atoms with Crippen LogP contribution in [0.2, 0.25) is 0 Å². The Hall–Kier alpha value is -2.95. The molecule has 2 rings (SSSR count). The molecule has 0 radical (unpaired) electrons. The highest BCUT2D eigenvalue weighted by Crippen LogP contribution is 2.29. The zero-order valence-electron chi connectivity index (χ0n) is 15.5. The summed E-state index contributed by atoms with van der Waals surface area (Å²) in [7, 11) is 1.57. The van der Waals surface area contributed by atoms with Crippen molar-refractivity contribution in [3.8, 4) is 17.2 Å². The number of para-hydroxylation sites is 2. The lowest BCUT2D eigenvalue weighted by Gasteiger charge is -2.12. The van der Waals surface area contributed by atoms with Gasteiger partial charge in [0, 0.05) is 6.08 Å². The molecule has 2 aromatic rings. The van der Waals surface area contributed by atoms with E-state index in [2.05, 4.69) is 12.2 Å². The molecular weight excluding hydrogens is 330 g/mol. The highest BCUT2D eigenvalue weighted by molar-refractivity contribution is 6.02. The minimum Gasteiger partial charge on any atom is -0.495 e. The second kappa shape index (κ2) is 10.1. The van der Waals surface area contributed by atoms with Crippen LogP contribution >= 0.6 is 0 Å². The number of hydrogen-bond donors (Lipinski definition) is 1. The molecule has 0 saturated carbocycles. The summed E-state index contributed by atoms with van der Waals surface area (Å²) in [6, 6.07) is 12.9. The van der Waals surface area contributed by atoms with Crippen LogP contribution in [-0.4, -0.2) is 26.2 Å². The van der Waals surface area contributed by atoms with Gasteiger partial charge in [0.2, 0.25) is 5.91 Å². The fourth-order valence-corrected chi connectivity index (χ4v) is 2.32. The number of carbonyl (C=O) groups is 1. The van der Waals surface area contributed by atoms with E-state index in [0.29, 0.717) is 36.1 Å². The van der Waals surface area contributed by atoms with Gasteiger partial charge < -0.3 is 19.5 Å². The number of hydrogen-bond acceptors (Lipinski definition) is 4. The minimum absolute atomic E-state index is 0.237. The van der Waals surface area contributed by atoms with E-state index in [9.17, 15) is 4.79 Å². The van der Waals surface area contributed by atoms with Gasteiger partial charge in [-0.2, -0.15) is 0 Å². The van der Waals surface area contributed by atoms with E-state index < -0.39 is 0 Å². The zero-order chi connectivity index (χ0) is 18.8. The van der Waals surface area contributed by atoms with Crippen LogP contribution < -0.4 is 19.5 Å². The summed E-state index contributed by atoms with van der Waals surface area (Å²) in [5, 5.41) is 2.80. The molecule has 26 heavy (non-hydrogen) atoms. The first-order valence-corrected chi connectivity index (χ1v) is 8.69. The number of benzene rings is 2. The molecule has 0 saturated heterocycles. The summed E-state index contributed by atoms with van der Waals surface area (Å²) in [6.07, 6.45) is 4.14. The molecule has 5 nitrogen and oxygen atoms in total. The van der Waals surface area contributed by atoms with Crippen molar-refractivity contribution in [1.82, 2.24) is 0 Å². The number of carbonyl (C=O) groups excluding carboxylic acids is 1. The van der Waals surface area contributed by atoms with Crippen LogP contribution in [0.15, 0.2) is 48.5 Å². The maximum Gasteiger partial charge on any atom is 0.248 e. The zero-order valence-corrected chi connectivity index (χ0v) is 15.5. The first-order valence-electron chi connectivity index (χ1n) is 8.69. The molecule has 0 unspecified atom stereocenters. The van der Waals surface area contributed by atoms with Crippen molar-refractivity contribution >= 4 is 17.7 Å². The van der Waals surface area contributed by atoms with Crippen LogP contribution in [-0.2, 0) is 4.79 Å². The lowest BCUT2D eigenvalue weighted by atomic mass is 10.2. The first kappa shape index (κ1) is 19.4. The van der Waals surface area contributed by atoms with Crippen LogP contribution in [0.1, 0.15) is 25.8 Å². The average Bonchev–Trinajstić information content (AvgIpc) is 2.66. The van der Waals surface area contributed by atoms with Crippen molar-refractivity contribution in [3.05, 3.63) is 54.1 Å². The normalized spacial score (nSPS) is 10.6. The van der Waals surface area contributed by atoms with Crippen LogP contribution in [0.5, 0.6) is 17.2 Å². The Morgan fingerprint density at radius 2 is 1.85 bits per heavy atom. The number of amides is 1. The van der Waals surface area contributed by atoms with Gasteiger partial charge >= 0.3 is 0 Å². The third-order valence-corrected chi connectivity index (χ3v) is 3.52. The summed E-state index contributed by atoms with van der Waals surface area (Å²) >= 11 is 0. The summed E-state index contributed by atoms with van der Waals surface area (Å²) in [5.41, 5.74) is 1.48. The molecule has 0 aromatic heterocycles. The van der Waals surface area contributed by atoms with Gasteiger partial charge in [0.1, 0.15) is 5.75 Å². The van der Waals surface area contributed by atoms with Gasteiger partial charge in [0.15, 0.2) is 11.5 Å². The predicted octanol–water partition coefficient (Wildman–Crippen LogP) is 4.53. The molecule has 1 amide bonds. The topological polar surface area (TPSA) is 56.8 Å². The number of methoxy groups -OCH3 is 1. The molecule has 0 aliphatic carbocycles. The Bertz CT molecular complexity index is 755. The van der Waals surface area contributed by atoms with Gasteiger partial charge in [0.05, 0.1) is 26.0 Å². The summed E-state index contributed by atoms with van der Waals surface area (Å²) in [4.78, 5) is 12.2. The molecule has 0 aliphatic rings.